The van der Waals surface area contributed by atoms with Gasteiger partial charge in [-0.3, -0.25) is 0 Å². The van der Waals surface area contributed by atoms with Crippen LogP contribution in [0.15, 0.2) is 186 Å². The predicted octanol–water partition coefficient (Wildman–Crippen LogP) is 13.1. The summed E-state index contributed by atoms with van der Waals surface area (Å²) in [5.41, 5.74) is 13.7. The molecule has 0 aliphatic rings. The second kappa shape index (κ2) is 10.8. The molecule has 0 atom stereocenters. The van der Waals surface area contributed by atoms with E-state index < -0.39 is 0 Å². The maximum Gasteiger partial charge on any atom is 0.135 e. The van der Waals surface area contributed by atoms with Crippen LogP contribution in [0.3, 0.4) is 0 Å². The van der Waals surface area contributed by atoms with Gasteiger partial charge < -0.3 is 13.6 Å². The van der Waals surface area contributed by atoms with Crippen molar-refractivity contribution in [3.8, 4) is 33.6 Å². The Morgan fingerprint density at radius 1 is 0.275 bits per heavy atom. The Kier molecular flexibility index (Phi) is 5.96. The van der Waals surface area contributed by atoms with Crippen LogP contribution in [0.1, 0.15) is 0 Å². The summed E-state index contributed by atoms with van der Waals surface area (Å²) in [6.07, 6.45) is 0. The molecule has 238 valence electrons. The number of aromatic nitrogens is 2. The lowest BCUT2D eigenvalue weighted by Crippen LogP contribution is -1.93. The Labute approximate surface area is 293 Å². The Morgan fingerprint density at radius 3 is 1.45 bits per heavy atom. The first kappa shape index (κ1) is 28.0. The summed E-state index contributed by atoms with van der Waals surface area (Å²) >= 11 is 0. The molecule has 0 radical (unpaired) electrons. The maximum absolute atomic E-state index is 6.20. The van der Waals surface area contributed by atoms with Crippen LogP contribution in [0.5, 0.6) is 0 Å². The minimum absolute atomic E-state index is 0.901. The first-order valence-electron chi connectivity index (χ1n) is 17.4. The van der Waals surface area contributed by atoms with Gasteiger partial charge in [-0.2, -0.15) is 0 Å². The summed E-state index contributed by atoms with van der Waals surface area (Å²) in [4.78, 5) is 0. The van der Waals surface area contributed by atoms with E-state index in [2.05, 4.69) is 179 Å². The summed E-state index contributed by atoms with van der Waals surface area (Å²) < 4.78 is 11.0. The highest BCUT2D eigenvalue weighted by Gasteiger charge is 2.18. The molecule has 0 N–H and O–H groups in total. The number of rotatable bonds is 4. The van der Waals surface area contributed by atoms with Gasteiger partial charge in [-0.1, -0.05) is 103 Å². The third-order valence-electron chi connectivity index (χ3n) is 10.5. The molecule has 0 spiro atoms. The van der Waals surface area contributed by atoms with Crippen molar-refractivity contribution in [2.24, 2.45) is 0 Å². The van der Waals surface area contributed by atoms with E-state index in [1.165, 1.54) is 71.6 Å². The van der Waals surface area contributed by atoms with Gasteiger partial charge >= 0.3 is 0 Å². The van der Waals surface area contributed by atoms with Crippen LogP contribution in [0.4, 0.5) is 0 Å². The highest BCUT2D eigenvalue weighted by molar-refractivity contribution is 6.14. The molecule has 0 aliphatic carbocycles. The fourth-order valence-electron chi connectivity index (χ4n) is 8.15. The quantitative estimate of drug-likeness (QED) is 0.186. The smallest absolute Gasteiger partial charge is 0.135 e. The molecule has 0 aliphatic heterocycles. The van der Waals surface area contributed by atoms with Gasteiger partial charge in [0, 0.05) is 43.7 Å². The van der Waals surface area contributed by atoms with E-state index in [1.54, 1.807) is 0 Å². The molecular formula is C48H30N2O. The van der Waals surface area contributed by atoms with Crippen molar-refractivity contribution in [2.75, 3.05) is 0 Å². The zero-order chi connectivity index (χ0) is 33.5. The molecule has 3 nitrogen and oxygen atoms in total. The van der Waals surface area contributed by atoms with Gasteiger partial charge in [0.05, 0.1) is 22.1 Å². The predicted molar refractivity (Wildman–Crippen MR) is 213 cm³/mol. The number of hydrogen-bond acceptors (Lipinski definition) is 1. The highest BCUT2D eigenvalue weighted by Crippen LogP contribution is 2.40. The molecule has 0 bridgehead atoms. The fraction of sp³-hybridized carbons (Fsp3) is 0. The van der Waals surface area contributed by atoms with Crippen LogP contribution >= 0.6 is 0 Å². The average molecular weight is 651 g/mol. The van der Waals surface area contributed by atoms with Gasteiger partial charge in [0.25, 0.3) is 0 Å². The third kappa shape index (κ3) is 4.25. The second-order valence-electron chi connectivity index (χ2n) is 13.4. The zero-order valence-electron chi connectivity index (χ0n) is 27.6. The van der Waals surface area contributed by atoms with E-state index in [-0.39, 0.29) is 0 Å². The summed E-state index contributed by atoms with van der Waals surface area (Å²) in [5, 5.41) is 7.22. The number of fused-ring (bicyclic) bond motifs is 9. The molecule has 11 aromatic rings. The van der Waals surface area contributed by atoms with E-state index in [0.717, 1.165) is 27.6 Å². The Morgan fingerprint density at radius 2 is 0.765 bits per heavy atom. The Bertz CT molecular complexity index is 3130. The van der Waals surface area contributed by atoms with Crippen molar-refractivity contribution in [2.45, 2.75) is 0 Å². The van der Waals surface area contributed by atoms with Gasteiger partial charge in [-0.25, -0.2) is 0 Å². The van der Waals surface area contributed by atoms with E-state index in [9.17, 15) is 0 Å². The van der Waals surface area contributed by atoms with Crippen LogP contribution in [0, 0.1) is 0 Å². The number of para-hydroxylation sites is 3. The highest BCUT2D eigenvalue weighted by atomic mass is 16.3. The van der Waals surface area contributed by atoms with E-state index in [4.69, 9.17) is 4.42 Å². The zero-order valence-corrected chi connectivity index (χ0v) is 27.6. The summed E-state index contributed by atoms with van der Waals surface area (Å²) in [5.74, 6) is 0. The lowest BCUT2D eigenvalue weighted by atomic mass is 9.99. The normalized spacial score (nSPS) is 11.9. The van der Waals surface area contributed by atoms with E-state index in [0.29, 0.717) is 0 Å². The topological polar surface area (TPSA) is 23.0 Å². The standard InChI is InChI=1S/C48H30N2O/c1-3-11-31(12-4-1)32-19-23-45-40(27-32)41-29-34(21-25-46(41)50(45)36-22-26-48-42(30-36)38-16-8-10-18-47(38)51-48)33-20-24-44-39(28-33)37-15-7-9-17-43(37)49(44)35-13-5-2-6-14-35/h1-30H. The first-order chi connectivity index (χ1) is 25.3. The van der Waals surface area contributed by atoms with Crippen molar-refractivity contribution < 1.29 is 4.42 Å². The van der Waals surface area contributed by atoms with Gasteiger partial charge in [0.2, 0.25) is 0 Å². The lowest BCUT2D eigenvalue weighted by Gasteiger charge is -2.10. The minimum Gasteiger partial charge on any atom is -0.456 e. The molecule has 3 heterocycles. The molecule has 3 aromatic heterocycles. The van der Waals surface area contributed by atoms with Gasteiger partial charge in [0.1, 0.15) is 11.2 Å². The lowest BCUT2D eigenvalue weighted by molar-refractivity contribution is 0.669. The molecule has 11 rings (SSSR count). The second-order valence-corrected chi connectivity index (χ2v) is 13.4. The van der Waals surface area contributed by atoms with Crippen LogP contribution in [0.2, 0.25) is 0 Å². The van der Waals surface area contributed by atoms with Crippen LogP contribution in [0.25, 0.3) is 99.2 Å². The molecule has 0 unspecified atom stereocenters. The molecule has 0 saturated carbocycles. The summed E-state index contributed by atoms with van der Waals surface area (Å²) in [6, 6.07) is 65.6. The van der Waals surface area contributed by atoms with Gasteiger partial charge in [0.15, 0.2) is 0 Å². The molecule has 8 aromatic carbocycles. The van der Waals surface area contributed by atoms with Crippen molar-refractivity contribution >= 4 is 65.6 Å². The molecule has 3 heteroatoms. The minimum atomic E-state index is 0.901. The molecule has 0 fully saturated rings. The monoisotopic (exact) mass is 650 g/mol. The Balaban J connectivity index is 1.14. The Hall–Kier alpha value is -6.84. The third-order valence-corrected chi connectivity index (χ3v) is 10.5. The van der Waals surface area contributed by atoms with Crippen LogP contribution in [-0.2, 0) is 0 Å². The number of furan rings is 1. The SMILES string of the molecule is c1ccc(-c2ccc3c(c2)c2cc(-c4ccc5c(c4)c4ccccc4n5-c4ccccc4)ccc2n3-c2ccc3oc4ccccc4c3c2)cc1. The van der Waals surface area contributed by atoms with E-state index in [1.807, 2.05) is 12.1 Å². The largest absolute Gasteiger partial charge is 0.456 e. The first-order valence-corrected chi connectivity index (χ1v) is 17.4. The number of nitrogens with zero attached hydrogens (tertiary/aromatic N) is 2. The molecule has 51 heavy (non-hydrogen) atoms. The van der Waals surface area contributed by atoms with Crippen molar-refractivity contribution in [1.29, 1.82) is 0 Å². The van der Waals surface area contributed by atoms with Crippen molar-refractivity contribution in [1.82, 2.24) is 9.13 Å². The van der Waals surface area contributed by atoms with Gasteiger partial charge in [-0.05, 0) is 101 Å². The summed E-state index contributed by atoms with van der Waals surface area (Å²) in [6.45, 7) is 0. The molecule has 0 amide bonds. The van der Waals surface area contributed by atoms with Gasteiger partial charge in [-0.15, -0.1) is 0 Å². The van der Waals surface area contributed by atoms with Crippen molar-refractivity contribution in [3.05, 3.63) is 182 Å². The van der Waals surface area contributed by atoms with Crippen LogP contribution < -0.4 is 0 Å². The number of hydrogen-bond donors (Lipinski definition) is 0. The number of benzene rings is 8. The average Bonchev–Trinajstić information content (AvgIpc) is 3.85. The maximum atomic E-state index is 6.20. The fourth-order valence-corrected chi connectivity index (χ4v) is 8.15. The molecule has 0 saturated heterocycles. The van der Waals surface area contributed by atoms with Crippen LogP contribution in [-0.4, -0.2) is 9.13 Å². The summed E-state index contributed by atoms with van der Waals surface area (Å²) in [7, 11) is 0. The molecular weight excluding hydrogens is 621 g/mol. The van der Waals surface area contributed by atoms with Crippen molar-refractivity contribution in [3.63, 3.8) is 0 Å². The van der Waals surface area contributed by atoms with E-state index >= 15 is 0 Å².